The van der Waals surface area contributed by atoms with Gasteiger partial charge in [0.05, 0.1) is 11.4 Å². The summed E-state index contributed by atoms with van der Waals surface area (Å²) in [4.78, 5) is 4.90. The monoisotopic (exact) mass is 816 g/mol. The molecule has 0 N–H and O–H groups in total. The van der Waals surface area contributed by atoms with E-state index in [1.165, 1.54) is 44.5 Å². The zero-order valence-corrected chi connectivity index (χ0v) is 35.3. The first-order valence-corrected chi connectivity index (χ1v) is 21.9. The molecule has 0 atom stereocenters. The van der Waals surface area contributed by atoms with Crippen LogP contribution in [0.3, 0.4) is 0 Å². The molecule has 11 aromatic carbocycles. The summed E-state index contributed by atoms with van der Waals surface area (Å²) in [6.45, 7) is 0. The molecule has 0 aliphatic heterocycles. The molecule has 2 nitrogen and oxygen atoms in total. The highest BCUT2D eigenvalue weighted by Crippen LogP contribution is 2.51. The molecule has 0 bridgehead atoms. The molecule has 64 heavy (non-hydrogen) atoms. The lowest BCUT2D eigenvalue weighted by Crippen LogP contribution is -2.14. The highest BCUT2D eigenvalue weighted by molar-refractivity contribution is 6.23. The number of nitrogens with zero attached hydrogens (tertiary/aromatic N) is 2. The van der Waals surface area contributed by atoms with Crippen LogP contribution in [0.1, 0.15) is 0 Å². The maximum atomic E-state index is 2.45. The fourth-order valence-corrected chi connectivity index (χ4v) is 9.11. The van der Waals surface area contributed by atoms with Crippen LogP contribution in [0.4, 0.5) is 34.1 Å². The molecule has 0 unspecified atom stereocenters. The number of benzene rings is 11. The Morgan fingerprint density at radius 1 is 0.156 bits per heavy atom. The van der Waals surface area contributed by atoms with E-state index in [0.29, 0.717) is 0 Å². The maximum Gasteiger partial charge on any atom is 0.0619 e. The van der Waals surface area contributed by atoms with E-state index < -0.39 is 0 Å². The Balaban J connectivity index is 1.14. The van der Waals surface area contributed by atoms with Gasteiger partial charge in [0, 0.05) is 44.3 Å². The second-order valence-corrected chi connectivity index (χ2v) is 16.1. The highest BCUT2D eigenvalue weighted by Gasteiger charge is 2.25. The highest BCUT2D eigenvalue weighted by atomic mass is 15.2. The maximum absolute atomic E-state index is 2.45. The first-order chi connectivity index (χ1) is 31.8. The van der Waals surface area contributed by atoms with Crippen molar-refractivity contribution in [2.45, 2.75) is 0 Å². The molecule has 11 aromatic rings. The van der Waals surface area contributed by atoms with Gasteiger partial charge in [-0.05, 0) is 93.0 Å². The predicted octanol–water partition coefficient (Wildman–Crippen LogP) is 17.6. The van der Waals surface area contributed by atoms with Gasteiger partial charge in [0.1, 0.15) is 0 Å². The minimum Gasteiger partial charge on any atom is -0.309 e. The van der Waals surface area contributed by atoms with E-state index in [2.05, 4.69) is 277 Å². The van der Waals surface area contributed by atoms with Gasteiger partial charge >= 0.3 is 0 Å². The first kappa shape index (κ1) is 38.5. The molecule has 0 spiro atoms. The SMILES string of the molecule is c1ccc(-c2ccc(N(c3ccc(-c4ccccc4)cc3)c3c4ccccc4c(N(c4ccc(-c5ccccc5)cc4)c4ccc(-c5ccccc5)cc4)c4ccccc34)cc2)cc1. The largest absolute Gasteiger partial charge is 0.309 e. The molecular formula is C62H44N2. The van der Waals surface area contributed by atoms with Crippen molar-refractivity contribution in [1.29, 1.82) is 0 Å². The number of hydrogen-bond acceptors (Lipinski definition) is 2. The number of hydrogen-bond donors (Lipinski definition) is 0. The van der Waals surface area contributed by atoms with Gasteiger partial charge in [-0.1, -0.05) is 218 Å². The van der Waals surface area contributed by atoms with Gasteiger partial charge in [0.15, 0.2) is 0 Å². The molecule has 11 rings (SSSR count). The summed E-state index contributed by atoms with van der Waals surface area (Å²) >= 11 is 0. The van der Waals surface area contributed by atoms with Gasteiger partial charge in [-0.2, -0.15) is 0 Å². The molecule has 0 amide bonds. The molecule has 0 heterocycles. The fourth-order valence-electron chi connectivity index (χ4n) is 9.11. The van der Waals surface area contributed by atoms with E-state index in [0.717, 1.165) is 55.7 Å². The third kappa shape index (κ3) is 7.38. The van der Waals surface area contributed by atoms with Crippen LogP contribution in [0.25, 0.3) is 66.1 Å². The Kier molecular flexibility index (Phi) is 10.3. The zero-order chi connectivity index (χ0) is 42.7. The average molecular weight is 817 g/mol. The van der Waals surface area contributed by atoms with E-state index in [1.807, 2.05) is 0 Å². The van der Waals surface area contributed by atoms with Crippen molar-refractivity contribution in [3.8, 4) is 44.5 Å². The predicted molar refractivity (Wildman–Crippen MR) is 273 cm³/mol. The molecule has 0 saturated carbocycles. The van der Waals surface area contributed by atoms with Crippen LogP contribution in [0.2, 0.25) is 0 Å². The quantitative estimate of drug-likeness (QED) is 0.100. The van der Waals surface area contributed by atoms with Crippen LogP contribution in [0, 0.1) is 0 Å². The molecule has 0 radical (unpaired) electrons. The Labute approximate surface area is 375 Å². The van der Waals surface area contributed by atoms with Crippen molar-refractivity contribution < 1.29 is 0 Å². The van der Waals surface area contributed by atoms with Crippen LogP contribution < -0.4 is 9.80 Å². The summed E-state index contributed by atoms with van der Waals surface area (Å²) in [5, 5.41) is 4.62. The minimum atomic E-state index is 1.08. The Bertz CT molecular complexity index is 2860. The van der Waals surface area contributed by atoms with Gasteiger partial charge in [-0.25, -0.2) is 0 Å². The van der Waals surface area contributed by atoms with Gasteiger partial charge in [0.25, 0.3) is 0 Å². The summed E-state index contributed by atoms with van der Waals surface area (Å²) in [5.74, 6) is 0. The van der Waals surface area contributed by atoms with Crippen molar-refractivity contribution in [2.24, 2.45) is 0 Å². The summed E-state index contributed by atoms with van der Waals surface area (Å²) < 4.78 is 0. The standard InChI is InChI=1S/C62H44N2/c1-5-17-45(18-6-1)49-29-37-53(38-30-49)63(54-39-31-50(32-40-54)46-19-7-2-8-20-46)61-57-25-13-15-27-59(57)62(60-28-16-14-26-58(60)61)64(55-41-33-51(34-42-55)47-21-9-3-10-22-47)56-43-35-52(36-44-56)48-23-11-4-12-24-48/h1-44H. The molecular weight excluding hydrogens is 773 g/mol. The summed E-state index contributed by atoms with van der Waals surface area (Å²) in [6, 6.07) is 96.4. The minimum absolute atomic E-state index is 1.08. The van der Waals surface area contributed by atoms with Crippen LogP contribution in [-0.4, -0.2) is 0 Å². The first-order valence-electron chi connectivity index (χ1n) is 21.9. The lowest BCUT2D eigenvalue weighted by Gasteiger charge is -2.33. The van der Waals surface area contributed by atoms with Gasteiger partial charge < -0.3 is 9.80 Å². The normalized spacial score (nSPS) is 11.1. The summed E-state index contributed by atoms with van der Waals surface area (Å²) in [7, 11) is 0. The number of fused-ring (bicyclic) bond motifs is 2. The number of anilines is 6. The Morgan fingerprint density at radius 3 is 0.531 bits per heavy atom. The smallest absolute Gasteiger partial charge is 0.0619 e. The van der Waals surface area contributed by atoms with E-state index >= 15 is 0 Å². The number of rotatable bonds is 10. The Hall–Kier alpha value is -8.46. The third-order valence-electron chi connectivity index (χ3n) is 12.3. The van der Waals surface area contributed by atoms with Crippen molar-refractivity contribution in [3.63, 3.8) is 0 Å². The summed E-state index contributed by atoms with van der Waals surface area (Å²) in [5.41, 5.74) is 16.1. The zero-order valence-electron chi connectivity index (χ0n) is 35.3. The molecule has 2 heteroatoms. The molecule has 0 aromatic heterocycles. The van der Waals surface area contributed by atoms with E-state index in [4.69, 9.17) is 0 Å². The average Bonchev–Trinajstić information content (AvgIpc) is 3.39. The topological polar surface area (TPSA) is 6.48 Å². The van der Waals surface area contributed by atoms with E-state index in [1.54, 1.807) is 0 Å². The van der Waals surface area contributed by atoms with E-state index in [9.17, 15) is 0 Å². The molecule has 0 aliphatic carbocycles. The van der Waals surface area contributed by atoms with Gasteiger partial charge in [-0.15, -0.1) is 0 Å². The second-order valence-electron chi connectivity index (χ2n) is 16.1. The molecule has 0 fully saturated rings. The van der Waals surface area contributed by atoms with Crippen LogP contribution >= 0.6 is 0 Å². The van der Waals surface area contributed by atoms with Crippen molar-refractivity contribution >= 4 is 55.7 Å². The summed E-state index contributed by atoms with van der Waals surface area (Å²) in [6.07, 6.45) is 0. The van der Waals surface area contributed by atoms with Crippen LogP contribution in [0.5, 0.6) is 0 Å². The molecule has 302 valence electrons. The lowest BCUT2D eigenvalue weighted by molar-refractivity contribution is 1.29. The fraction of sp³-hybridized carbons (Fsp3) is 0. The van der Waals surface area contributed by atoms with Gasteiger partial charge in [-0.3, -0.25) is 0 Å². The lowest BCUT2D eigenvalue weighted by atomic mass is 9.94. The molecule has 0 saturated heterocycles. The van der Waals surface area contributed by atoms with Crippen LogP contribution in [0.15, 0.2) is 267 Å². The third-order valence-corrected chi connectivity index (χ3v) is 12.3. The van der Waals surface area contributed by atoms with E-state index in [-0.39, 0.29) is 0 Å². The van der Waals surface area contributed by atoms with Crippen LogP contribution in [-0.2, 0) is 0 Å². The second kappa shape index (κ2) is 17.1. The molecule has 0 aliphatic rings. The van der Waals surface area contributed by atoms with Crippen molar-refractivity contribution in [2.75, 3.05) is 9.80 Å². The Morgan fingerprint density at radius 2 is 0.328 bits per heavy atom. The van der Waals surface area contributed by atoms with Gasteiger partial charge in [0.2, 0.25) is 0 Å². The van der Waals surface area contributed by atoms with Crippen molar-refractivity contribution in [3.05, 3.63) is 267 Å². The van der Waals surface area contributed by atoms with Crippen molar-refractivity contribution in [1.82, 2.24) is 0 Å².